The Labute approximate surface area is 111 Å². The Morgan fingerprint density at radius 3 is 2.21 bits per heavy atom. The van der Waals surface area contributed by atoms with Gasteiger partial charge in [-0.2, -0.15) is 0 Å². The third kappa shape index (κ3) is 3.38. The van der Waals surface area contributed by atoms with Crippen LogP contribution < -0.4 is 4.72 Å². The van der Waals surface area contributed by atoms with Crippen LogP contribution in [0.25, 0.3) is 11.1 Å². The van der Waals surface area contributed by atoms with Gasteiger partial charge in [-0.05, 0) is 35.9 Å². The number of anilines is 1. The molecule has 0 saturated carbocycles. The van der Waals surface area contributed by atoms with Crippen molar-refractivity contribution in [1.82, 2.24) is 0 Å². The number of nitrogens with one attached hydrogen (secondary N) is 1. The highest BCUT2D eigenvalue weighted by Gasteiger charge is 2.08. The van der Waals surface area contributed by atoms with Crippen molar-refractivity contribution in [1.29, 1.82) is 0 Å². The van der Waals surface area contributed by atoms with E-state index in [0.717, 1.165) is 6.26 Å². The molecule has 2 aromatic rings. The molecule has 0 saturated heterocycles. The van der Waals surface area contributed by atoms with E-state index in [1.807, 2.05) is 0 Å². The Bertz CT molecular complexity index is 693. The Kier molecular flexibility index (Phi) is 3.35. The number of benzene rings is 2. The first-order valence-electron chi connectivity index (χ1n) is 5.45. The molecule has 0 aromatic heterocycles. The van der Waals surface area contributed by atoms with Gasteiger partial charge < -0.3 is 10.2 Å². The molecule has 0 atom stereocenters. The second-order valence-electron chi connectivity index (χ2n) is 4.15. The van der Waals surface area contributed by atoms with Crippen molar-refractivity contribution < 1.29 is 18.6 Å². The van der Waals surface area contributed by atoms with E-state index in [-0.39, 0.29) is 11.5 Å². The van der Waals surface area contributed by atoms with Gasteiger partial charge in [-0.25, -0.2) is 8.42 Å². The maximum atomic E-state index is 11.2. The van der Waals surface area contributed by atoms with Crippen LogP contribution in [0.5, 0.6) is 11.5 Å². The molecule has 2 aromatic carbocycles. The van der Waals surface area contributed by atoms with Crippen LogP contribution in [-0.2, 0) is 10.0 Å². The van der Waals surface area contributed by atoms with Crippen molar-refractivity contribution in [3.8, 4) is 22.6 Å². The summed E-state index contributed by atoms with van der Waals surface area (Å²) in [5, 5.41) is 19.0. The van der Waals surface area contributed by atoms with Gasteiger partial charge in [-0.1, -0.05) is 12.1 Å². The van der Waals surface area contributed by atoms with E-state index in [0.29, 0.717) is 16.8 Å². The van der Waals surface area contributed by atoms with Gasteiger partial charge in [-0.15, -0.1) is 0 Å². The van der Waals surface area contributed by atoms with Crippen LogP contribution in [0.2, 0.25) is 0 Å². The Morgan fingerprint density at radius 1 is 1.00 bits per heavy atom. The average Bonchev–Trinajstić information content (AvgIpc) is 2.31. The molecule has 3 N–H and O–H groups in total. The number of phenols is 2. The maximum Gasteiger partial charge on any atom is 0.229 e. The van der Waals surface area contributed by atoms with E-state index in [2.05, 4.69) is 4.72 Å². The molecule has 0 unspecified atom stereocenters. The zero-order valence-electron chi connectivity index (χ0n) is 10.2. The summed E-state index contributed by atoms with van der Waals surface area (Å²) in [6.45, 7) is 0. The quantitative estimate of drug-likeness (QED) is 0.751. The lowest BCUT2D eigenvalue weighted by atomic mass is 10.0. The SMILES string of the molecule is CS(=O)(=O)Nc1ccc(O)c(-c2ccc(O)cc2)c1. The fraction of sp³-hybridized carbons (Fsp3) is 0.0769. The second-order valence-corrected chi connectivity index (χ2v) is 5.90. The summed E-state index contributed by atoms with van der Waals surface area (Å²) >= 11 is 0. The van der Waals surface area contributed by atoms with Gasteiger partial charge >= 0.3 is 0 Å². The summed E-state index contributed by atoms with van der Waals surface area (Å²) in [6, 6.07) is 10.7. The first-order chi connectivity index (χ1) is 8.85. The minimum atomic E-state index is -3.37. The fourth-order valence-corrected chi connectivity index (χ4v) is 2.24. The lowest BCUT2D eigenvalue weighted by Gasteiger charge is -2.09. The Hall–Kier alpha value is -2.21. The minimum Gasteiger partial charge on any atom is -0.508 e. The van der Waals surface area contributed by atoms with E-state index in [9.17, 15) is 18.6 Å². The zero-order valence-corrected chi connectivity index (χ0v) is 11.0. The summed E-state index contributed by atoms with van der Waals surface area (Å²) < 4.78 is 24.7. The van der Waals surface area contributed by atoms with Gasteiger partial charge in [0.15, 0.2) is 0 Å². The highest BCUT2D eigenvalue weighted by Crippen LogP contribution is 2.32. The predicted molar refractivity (Wildman–Crippen MR) is 73.7 cm³/mol. The van der Waals surface area contributed by atoms with E-state index in [1.165, 1.54) is 30.3 Å². The standard InChI is InChI=1S/C13H13NO4S/c1-19(17,18)14-10-4-7-13(16)12(8-10)9-2-5-11(15)6-3-9/h2-8,14-16H,1H3. The van der Waals surface area contributed by atoms with Crippen molar-refractivity contribution in [2.75, 3.05) is 11.0 Å². The molecule has 0 amide bonds. The van der Waals surface area contributed by atoms with Crippen LogP contribution in [-0.4, -0.2) is 24.9 Å². The van der Waals surface area contributed by atoms with Crippen molar-refractivity contribution in [3.63, 3.8) is 0 Å². The van der Waals surface area contributed by atoms with Gasteiger partial charge in [0.2, 0.25) is 10.0 Å². The van der Waals surface area contributed by atoms with Gasteiger partial charge in [0.25, 0.3) is 0 Å². The molecule has 0 heterocycles. The largest absolute Gasteiger partial charge is 0.508 e. The molecule has 2 rings (SSSR count). The number of rotatable bonds is 3. The third-order valence-corrected chi connectivity index (χ3v) is 3.08. The van der Waals surface area contributed by atoms with E-state index < -0.39 is 10.0 Å². The molecule has 100 valence electrons. The monoisotopic (exact) mass is 279 g/mol. The fourth-order valence-electron chi connectivity index (χ4n) is 1.69. The van der Waals surface area contributed by atoms with Gasteiger partial charge in [-0.3, -0.25) is 4.72 Å². The summed E-state index contributed by atoms with van der Waals surface area (Å²) in [7, 11) is -3.37. The molecule has 0 radical (unpaired) electrons. The Morgan fingerprint density at radius 2 is 1.63 bits per heavy atom. The van der Waals surface area contributed by atoms with Crippen LogP contribution >= 0.6 is 0 Å². The van der Waals surface area contributed by atoms with E-state index in [4.69, 9.17) is 0 Å². The second kappa shape index (κ2) is 4.81. The molecule has 0 fully saturated rings. The average molecular weight is 279 g/mol. The summed E-state index contributed by atoms with van der Waals surface area (Å²) in [5.74, 6) is 0.151. The summed E-state index contributed by atoms with van der Waals surface area (Å²) in [5.41, 5.74) is 1.52. The molecule has 19 heavy (non-hydrogen) atoms. The highest BCUT2D eigenvalue weighted by molar-refractivity contribution is 7.92. The number of phenolic OH excluding ortho intramolecular Hbond substituents is 2. The van der Waals surface area contributed by atoms with Crippen LogP contribution in [0.3, 0.4) is 0 Å². The van der Waals surface area contributed by atoms with Crippen molar-refractivity contribution in [2.24, 2.45) is 0 Å². The molecular weight excluding hydrogens is 266 g/mol. The van der Waals surface area contributed by atoms with Crippen LogP contribution in [0, 0.1) is 0 Å². The zero-order chi connectivity index (χ0) is 14.0. The molecule has 6 heteroatoms. The maximum absolute atomic E-state index is 11.2. The van der Waals surface area contributed by atoms with Crippen LogP contribution in [0.15, 0.2) is 42.5 Å². The molecule has 0 aliphatic rings. The summed E-state index contributed by atoms with van der Waals surface area (Å²) in [6.07, 6.45) is 1.06. The lowest BCUT2D eigenvalue weighted by molar-refractivity contribution is 0.474. The molecule has 0 bridgehead atoms. The Balaban J connectivity index is 2.45. The minimum absolute atomic E-state index is 0.0322. The highest BCUT2D eigenvalue weighted by atomic mass is 32.2. The molecule has 0 aliphatic carbocycles. The van der Waals surface area contributed by atoms with Crippen molar-refractivity contribution in [3.05, 3.63) is 42.5 Å². The number of hydrogen-bond acceptors (Lipinski definition) is 4. The predicted octanol–water partition coefficient (Wildman–Crippen LogP) is 2.14. The first-order valence-corrected chi connectivity index (χ1v) is 7.34. The lowest BCUT2D eigenvalue weighted by Crippen LogP contribution is -2.09. The van der Waals surface area contributed by atoms with Crippen LogP contribution in [0.4, 0.5) is 5.69 Å². The summed E-state index contributed by atoms with van der Waals surface area (Å²) in [4.78, 5) is 0. The molecule has 5 nitrogen and oxygen atoms in total. The molecular formula is C13H13NO4S. The number of aromatic hydroxyl groups is 2. The topological polar surface area (TPSA) is 86.6 Å². The molecule has 0 spiro atoms. The van der Waals surface area contributed by atoms with Gasteiger partial charge in [0.1, 0.15) is 11.5 Å². The normalized spacial score (nSPS) is 11.2. The van der Waals surface area contributed by atoms with E-state index in [1.54, 1.807) is 12.1 Å². The van der Waals surface area contributed by atoms with E-state index >= 15 is 0 Å². The third-order valence-electron chi connectivity index (χ3n) is 2.48. The van der Waals surface area contributed by atoms with Gasteiger partial charge in [0, 0.05) is 11.3 Å². The van der Waals surface area contributed by atoms with Crippen molar-refractivity contribution in [2.45, 2.75) is 0 Å². The van der Waals surface area contributed by atoms with Crippen molar-refractivity contribution >= 4 is 15.7 Å². The molecule has 0 aliphatic heterocycles. The number of hydrogen-bond donors (Lipinski definition) is 3. The number of sulfonamides is 1. The van der Waals surface area contributed by atoms with Gasteiger partial charge in [0.05, 0.1) is 6.26 Å². The smallest absolute Gasteiger partial charge is 0.229 e. The first kappa shape index (κ1) is 13.2. The van der Waals surface area contributed by atoms with Crippen LogP contribution in [0.1, 0.15) is 0 Å².